The van der Waals surface area contributed by atoms with Crippen LogP contribution in [0.5, 0.6) is 0 Å². The molecule has 10 nitrogen and oxygen atoms in total. The van der Waals surface area contributed by atoms with Crippen LogP contribution in [-0.4, -0.2) is 49.7 Å². The van der Waals surface area contributed by atoms with Crippen LogP contribution in [0.4, 0.5) is 5.82 Å². The van der Waals surface area contributed by atoms with E-state index in [2.05, 4.69) is 30.6 Å². The molecule has 0 atom stereocenters. The average Bonchev–Trinajstić information content (AvgIpc) is 3.43. The number of aromatic nitrogens is 5. The van der Waals surface area contributed by atoms with E-state index in [0.717, 1.165) is 22.6 Å². The number of pyridine rings is 1. The van der Waals surface area contributed by atoms with Crippen molar-refractivity contribution in [3.05, 3.63) is 54.2 Å². The van der Waals surface area contributed by atoms with Crippen molar-refractivity contribution in [1.29, 1.82) is 0 Å². The highest BCUT2D eigenvalue weighted by Crippen LogP contribution is 2.30. The number of fused-ring (bicyclic) bond motifs is 1. The number of anilines is 1. The van der Waals surface area contributed by atoms with Crippen molar-refractivity contribution in [2.45, 2.75) is 13.3 Å². The monoisotopic (exact) mass is 418 g/mol. The molecule has 0 aliphatic heterocycles. The maximum Gasteiger partial charge on any atom is 0.273 e. The molecule has 0 radical (unpaired) electrons. The summed E-state index contributed by atoms with van der Waals surface area (Å²) >= 11 is 0. The Hall–Kier alpha value is -4.21. The number of nitrogens with two attached hydrogens (primary N) is 1. The first-order valence-corrected chi connectivity index (χ1v) is 9.72. The largest absolute Gasteiger partial charge is 0.382 e. The molecule has 0 unspecified atom stereocenters. The summed E-state index contributed by atoms with van der Waals surface area (Å²) in [5, 5.41) is 5.17. The minimum Gasteiger partial charge on any atom is -0.382 e. The Kier molecular flexibility index (Phi) is 5.35. The number of aryl methyl sites for hydroxylation is 1. The van der Waals surface area contributed by atoms with E-state index in [1.807, 2.05) is 41.8 Å². The van der Waals surface area contributed by atoms with Gasteiger partial charge in [0.1, 0.15) is 17.0 Å². The molecule has 4 rings (SSSR count). The second kappa shape index (κ2) is 8.27. The van der Waals surface area contributed by atoms with E-state index in [0.29, 0.717) is 11.4 Å². The molecule has 31 heavy (non-hydrogen) atoms. The quantitative estimate of drug-likeness (QED) is 0.374. The van der Waals surface area contributed by atoms with Crippen LogP contribution in [0.1, 0.15) is 22.6 Å². The Labute approximate surface area is 177 Å². The van der Waals surface area contributed by atoms with E-state index < -0.39 is 5.91 Å². The minimum absolute atomic E-state index is 0.00432. The molecule has 4 aromatic rings. The molecule has 0 bridgehead atoms. The summed E-state index contributed by atoms with van der Waals surface area (Å²) in [5.41, 5.74) is 10.4. The lowest BCUT2D eigenvalue weighted by molar-refractivity contribution is -0.120. The standard InChI is InChI=1S/C21H22N8O2/c1-12-10-26-15-6-5-13(11-29(12)15)17-18(14-4-3-8-24-14)28-20(22)19(27-17)21(31)25-9-7-16(30)23-2/h3-6,8,10-11,24H,7,9H2,1-2H3,(H2,22,28)(H,23,30)(H,25,31). The van der Waals surface area contributed by atoms with Gasteiger partial charge < -0.3 is 25.8 Å². The predicted octanol–water partition coefficient (Wildman–Crippen LogP) is 1.54. The number of carbonyl (C=O) groups is 2. The lowest BCUT2D eigenvalue weighted by Gasteiger charge is -2.13. The fourth-order valence-corrected chi connectivity index (χ4v) is 3.22. The van der Waals surface area contributed by atoms with Crippen molar-refractivity contribution < 1.29 is 9.59 Å². The van der Waals surface area contributed by atoms with E-state index in [9.17, 15) is 9.59 Å². The second-order valence-corrected chi connectivity index (χ2v) is 6.96. The Bertz CT molecular complexity index is 1260. The Morgan fingerprint density at radius 1 is 1.19 bits per heavy atom. The lowest BCUT2D eigenvalue weighted by Crippen LogP contribution is -2.30. The maximum atomic E-state index is 12.7. The van der Waals surface area contributed by atoms with Crippen LogP contribution < -0.4 is 16.4 Å². The van der Waals surface area contributed by atoms with Gasteiger partial charge in [-0.2, -0.15) is 0 Å². The first-order chi connectivity index (χ1) is 15.0. The van der Waals surface area contributed by atoms with Crippen LogP contribution in [-0.2, 0) is 4.79 Å². The van der Waals surface area contributed by atoms with Crippen LogP contribution in [0, 0.1) is 6.92 Å². The molecule has 158 valence electrons. The van der Waals surface area contributed by atoms with Gasteiger partial charge in [0.15, 0.2) is 11.5 Å². The third kappa shape index (κ3) is 3.95. The van der Waals surface area contributed by atoms with Crippen LogP contribution in [0.15, 0.2) is 42.9 Å². The third-order valence-corrected chi connectivity index (χ3v) is 4.87. The van der Waals surface area contributed by atoms with Crippen LogP contribution in [0.3, 0.4) is 0 Å². The summed E-state index contributed by atoms with van der Waals surface area (Å²) in [6.07, 6.45) is 5.61. The molecule has 10 heteroatoms. The van der Waals surface area contributed by atoms with E-state index in [1.165, 1.54) is 7.05 Å². The SMILES string of the molecule is CNC(=O)CCNC(=O)c1nc(-c2ccc3ncc(C)n3c2)c(-c2ccc[nH]2)nc1N. The van der Waals surface area contributed by atoms with Crippen molar-refractivity contribution in [1.82, 2.24) is 35.0 Å². The average molecular weight is 418 g/mol. The van der Waals surface area contributed by atoms with Crippen molar-refractivity contribution in [2.24, 2.45) is 0 Å². The topological polar surface area (TPSA) is 143 Å². The molecule has 2 amide bonds. The summed E-state index contributed by atoms with van der Waals surface area (Å²) in [6, 6.07) is 7.46. The van der Waals surface area contributed by atoms with Gasteiger partial charge in [0.25, 0.3) is 5.91 Å². The number of hydrogen-bond acceptors (Lipinski definition) is 6. The van der Waals surface area contributed by atoms with Crippen LogP contribution >= 0.6 is 0 Å². The highest BCUT2D eigenvalue weighted by atomic mass is 16.2. The van der Waals surface area contributed by atoms with E-state index in [-0.39, 0.29) is 30.4 Å². The van der Waals surface area contributed by atoms with Gasteiger partial charge in [0, 0.05) is 49.9 Å². The van der Waals surface area contributed by atoms with Gasteiger partial charge in [-0.3, -0.25) is 9.59 Å². The molecule has 0 spiro atoms. The molecule has 0 aliphatic rings. The first-order valence-electron chi connectivity index (χ1n) is 9.72. The van der Waals surface area contributed by atoms with Crippen molar-refractivity contribution in [2.75, 3.05) is 19.3 Å². The number of nitrogen functional groups attached to an aromatic ring is 1. The lowest BCUT2D eigenvalue weighted by atomic mass is 10.1. The molecule has 0 fully saturated rings. The van der Waals surface area contributed by atoms with Crippen LogP contribution in [0.25, 0.3) is 28.3 Å². The summed E-state index contributed by atoms with van der Waals surface area (Å²) in [4.78, 5) is 40.6. The molecule has 0 saturated carbocycles. The summed E-state index contributed by atoms with van der Waals surface area (Å²) in [7, 11) is 1.54. The van der Waals surface area contributed by atoms with Gasteiger partial charge in [-0.1, -0.05) is 0 Å². The van der Waals surface area contributed by atoms with E-state index >= 15 is 0 Å². The molecule has 0 saturated heterocycles. The number of nitrogens with one attached hydrogen (secondary N) is 3. The number of rotatable bonds is 6. The Morgan fingerprint density at radius 2 is 2.03 bits per heavy atom. The van der Waals surface area contributed by atoms with Gasteiger partial charge in [0.2, 0.25) is 5.91 Å². The number of H-pyrrole nitrogens is 1. The first kappa shape index (κ1) is 20.1. The molecule has 4 aromatic heterocycles. The van der Waals surface area contributed by atoms with E-state index in [1.54, 1.807) is 12.4 Å². The van der Waals surface area contributed by atoms with Gasteiger partial charge in [-0.05, 0) is 31.2 Å². The predicted molar refractivity (Wildman–Crippen MR) is 116 cm³/mol. The number of aromatic amines is 1. The van der Waals surface area contributed by atoms with E-state index in [4.69, 9.17) is 5.73 Å². The Morgan fingerprint density at radius 3 is 2.77 bits per heavy atom. The Balaban J connectivity index is 1.77. The smallest absolute Gasteiger partial charge is 0.273 e. The number of carbonyl (C=O) groups excluding carboxylic acids is 2. The number of nitrogens with zero attached hydrogens (tertiary/aromatic N) is 4. The maximum absolute atomic E-state index is 12.7. The highest BCUT2D eigenvalue weighted by molar-refractivity contribution is 5.98. The molecule has 5 N–H and O–H groups in total. The number of hydrogen-bond donors (Lipinski definition) is 4. The molecular formula is C21H22N8O2. The zero-order chi connectivity index (χ0) is 22.0. The van der Waals surface area contributed by atoms with Crippen LogP contribution in [0.2, 0.25) is 0 Å². The molecular weight excluding hydrogens is 396 g/mol. The zero-order valence-corrected chi connectivity index (χ0v) is 17.1. The second-order valence-electron chi connectivity index (χ2n) is 6.96. The summed E-state index contributed by atoms with van der Waals surface area (Å²) in [6.45, 7) is 2.11. The van der Waals surface area contributed by atoms with Gasteiger partial charge in [-0.25, -0.2) is 15.0 Å². The summed E-state index contributed by atoms with van der Waals surface area (Å²) in [5.74, 6) is -0.662. The van der Waals surface area contributed by atoms with Crippen molar-refractivity contribution in [3.63, 3.8) is 0 Å². The van der Waals surface area contributed by atoms with Gasteiger partial charge >= 0.3 is 0 Å². The third-order valence-electron chi connectivity index (χ3n) is 4.87. The highest BCUT2D eigenvalue weighted by Gasteiger charge is 2.21. The van der Waals surface area contributed by atoms with Crippen molar-refractivity contribution >= 4 is 23.3 Å². The fraction of sp³-hybridized carbons (Fsp3) is 0.190. The van der Waals surface area contributed by atoms with Gasteiger partial charge in [0.05, 0.1) is 5.69 Å². The molecule has 4 heterocycles. The number of amides is 2. The number of imidazole rings is 1. The zero-order valence-electron chi connectivity index (χ0n) is 17.1. The fourth-order valence-electron chi connectivity index (χ4n) is 3.22. The summed E-state index contributed by atoms with van der Waals surface area (Å²) < 4.78 is 1.94. The normalized spacial score (nSPS) is 10.9. The van der Waals surface area contributed by atoms with Gasteiger partial charge in [-0.15, -0.1) is 0 Å². The molecule has 0 aliphatic carbocycles. The van der Waals surface area contributed by atoms with Crippen molar-refractivity contribution in [3.8, 4) is 22.6 Å². The minimum atomic E-state index is -0.493. The molecule has 0 aromatic carbocycles.